The minimum Gasteiger partial charge on any atom is -0.508 e. The number of aromatic nitrogens is 3. The molecule has 0 spiro atoms. The first-order valence-corrected chi connectivity index (χ1v) is 8.98. The van der Waals surface area contributed by atoms with E-state index in [-0.39, 0.29) is 11.8 Å². The molecule has 3 N–H and O–H groups in total. The van der Waals surface area contributed by atoms with Crippen molar-refractivity contribution in [2.24, 2.45) is 0 Å². The molecule has 0 fully saturated rings. The molecule has 28 heavy (non-hydrogen) atoms. The molecule has 2 atom stereocenters. The van der Waals surface area contributed by atoms with Gasteiger partial charge in [0.25, 0.3) is 0 Å². The highest BCUT2D eigenvalue weighted by atomic mass is 16.3. The second kappa shape index (κ2) is 7.85. The van der Waals surface area contributed by atoms with Crippen molar-refractivity contribution in [1.29, 1.82) is 0 Å². The fraction of sp³-hybridized carbons (Fsp3) is 0.273. The Balaban J connectivity index is 1.76. The maximum atomic E-state index is 10.6. The van der Waals surface area contributed by atoms with Crippen molar-refractivity contribution in [3.8, 4) is 28.8 Å². The molecule has 3 aromatic rings. The van der Waals surface area contributed by atoms with Gasteiger partial charge in [0.05, 0.1) is 12.2 Å². The van der Waals surface area contributed by atoms with Crippen LogP contribution >= 0.6 is 0 Å². The van der Waals surface area contributed by atoms with E-state index in [0.29, 0.717) is 11.3 Å². The van der Waals surface area contributed by atoms with Crippen LogP contribution in [0.25, 0.3) is 11.3 Å². The molecule has 6 nitrogen and oxygen atoms in total. The van der Waals surface area contributed by atoms with E-state index in [2.05, 4.69) is 22.2 Å². The molecule has 0 aliphatic carbocycles. The molecule has 144 valence electrons. The maximum absolute atomic E-state index is 10.6. The van der Waals surface area contributed by atoms with E-state index in [1.54, 1.807) is 49.0 Å². The number of benzene rings is 2. The minimum absolute atomic E-state index is 0.155. The molecule has 0 bridgehead atoms. The zero-order chi connectivity index (χ0) is 20.3. The maximum Gasteiger partial charge on any atom is 0.120 e. The summed E-state index contributed by atoms with van der Waals surface area (Å²) < 4.78 is 1.62. The SMILES string of the molecule is C[C@@H]([C@H](O)c1ccc(O)cc1)n1cc(-c2ccc(C#CC(C)(C)O)cc2)nn1. The lowest BCUT2D eigenvalue weighted by atomic mass is 10.0. The fourth-order valence-corrected chi connectivity index (χ4v) is 2.65. The number of nitrogens with zero attached hydrogens (tertiary/aromatic N) is 3. The van der Waals surface area contributed by atoms with Gasteiger partial charge in [-0.1, -0.05) is 41.3 Å². The minimum atomic E-state index is -1.03. The monoisotopic (exact) mass is 377 g/mol. The summed E-state index contributed by atoms with van der Waals surface area (Å²) in [6.07, 6.45) is 1.00. The van der Waals surface area contributed by atoms with E-state index in [1.165, 1.54) is 0 Å². The van der Waals surface area contributed by atoms with E-state index in [9.17, 15) is 15.3 Å². The molecular weight excluding hydrogens is 354 g/mol. The Morgan fingerprint density at radius 2 is 1.68 bits per heavy atom. The Morgan fingerprint density at radius 1 is 1.04 bits per heavy atom. The second-order valence-corrected chi connectivity index (χ2v) is 7.25. The van der Waals surface area contributed by atoms with Crippen LogP contribution in [0.15, 0.2) is 54.7 Å². The molecule has 3 rings (SSSR count). The van der Waals surface area contributed by atoms with Crippen LogP contribution in [-0.2, 0) is 0 Å². The normalized spacial score (nSPS) is 13.5. The number of hydrogen-bond acceptors (Lipinski definition) is 5. The zero-order valence-corrected chi connectivity index (χ0v) is 16.0. The summed E-state index contributed by atoms with van der Waals surface area (Å²) in [7, 11) is 0. The van der Waals surface area contributed by atoms with Crippen LogP contribution in [0.3, 0.4) is 0 Å². The van der Waals surface area contributed by atoms with Gasteiger partial charge in [0.2, 0.25) is 0 Å². The third kappa shape index (κ3) is 4.77. The van der Waals surface area contributed by atoms with Gasteiger partial charge in [-0.05, 0) is 50.6 Å². The molecule has 0 saturated heterocycles. The fourth-order valence-electron chi connectivity index (χ4n) is 2.65. The molecule has 1 aromatic heterocycles. The van der Waals surface area contributed by atoms with Crippen molar-refractivity contribution in [1.82, 2.24) is 15.0 Å². The third-order valence-corrected chi connectivity index (χ3v) is 4.31. The summed E-state index contributed by atoms with van der Waals surface area (Å²) in [4.78, 5) is 0. The topological polar surface area (TPSA) is 91.4 Å². The van der Waals surface area contributed by atoms with Crippen LogP contribution in [0.1, 0.15) is 44.0 Å². The van der Waals surface area contributed by atoms with Gasteiger partial charge >= 0.3 is 0 Å². The van der Waals surface area contributed by atoms with Gasteiger partial charge in [0.15, 0.2) is 0 Å². The molecule has 6 heteroatoms. The Morgan fingerprint density at radius 3 is 2.29 bits per heavy atom. The molecule has 0 aliphatic rings. The van der Waals surface area contributed by atoms with Crippen LogP contribution in [0.2, 0.25) is 0 Å². The first-order valence-electron chi connectivity index (χ1n) is 8.98. The van der Waals surface area contributed by atoms with Crippen LogP contribution in [0.4, 0.5) is 0 Å². The van der Waals surface area contributed by atoms with Gasteiger partial charge in [-0.25, -0.2) is 4.68 Å². The summed E-state index contributed by atoms with van der Waals surface area (Å²) >= 11 is 0. The van der Waals surface area contributed by atoms with Gasteiger partial charge in [-0.15, -0.1) is 5.10 Å². The Kier molecular flexibility index (Phi) is 5.50. The quantitative estimate of drug-likeness (QED) is 0.608. The molecule has 2 aromatic carbocycles. The first-order chi connectivity index (χ1) is 13.2. The average molecular weight is 377 g/mol. The van der Waals surface area contributed by atoms with E-state index in [4.69, 9.17) is 0 Å². The predicted molar refractivity (Wildman–Crippen MR) is 106 cm³/mol. The lowest BCUT2D eigenvalue weighted by molar-refractivity contribution is 0.114. The number of aromatic hydroxyl groups is 1. The van der Waals surface area contributed by atoms with E-state index < -0.39 is 11.7 Å². The van der Waals surface area contributed by atoms with E-state index in [1.807, 2.05) is 31.2 Å². The van der Waals surface area contributed by atoms with Gasteiger partial charge in [0, 0.05) is 11.1 Å². The van der Waals surface area contributed by atoms with Gasteiger partial charge < -0.3 is 15.3 Å². The van der Waals surface area contributed by atoms with Crippen molar-refractivity contribution in [2.45, 2.75) is 38.5 Å². The van der Waals surface area contributed by atoms with Crippen molar-refractivity contribution >= 4 is 0 Å². The highest BCUT2D eigenvalue weighted by Crippen LogP contribution is 2.27. The second-order valence-electron chi connectivity index (χ2n) is 7.25. The summed E-state index contributed by atoms with van der Waals surface area (Å²) in [5.41, 5.74) is 2.03. The van der Waals surface area contributed by atoms with E-state index in [0.717, 1.165) is 11.1 Å². The van der Waals surface area contributed by atoms with Gasteiger partial charge in [-0.3, -0.25) is 0 Å². The molecule has 1 heterocycles. The molecule has 0 unspecified atom stereocenters. The first kappa shape index (κ1) is 19.6. The summed E-state index contributed by atoms with van der Waals surface area (Å²) in [6.45, 7) is 5.13. The number of rotatable bonds is 4. The van der Waals surface area contributed by atoms with Gasteiger partial charge in [0.1, 0.15) is 23.1 Å². The molecular formula is C22H23N3O3. The lowest BCUT2D eigenvalue weighted by Crippen LogP contribution is -2.15. The number of aliphatic hydroxyl groups is 2. The highest BCUT2D eigenvalue weighted by molar-refractivity contribution is 5.59. The average Bonchev–Trinajstić information content (AvgIpc) is 3.16. The third-order valence-electron chi connectivity index (χ3n) is 4.31. The number of hydrogen-bond donors (Lipinski definition) is 3. The Hall–Kier alpha value is -3.14. The molecule has 0 aliphatic heterocycles. The lowest BCUT2D eigenvalue weighted by Gasteiger charge is -2.19. The number of aliphatic hydroxyl groups excluding tert-OH is 1. The van der Waals surface area contributed by atoms with Crippen LogP contribution < -0.4 is 0 Å². The smallest absolute Gasteiger partial charge is 0.120 e. The van der Waals surface area contributed by atoms with Crippen molar-refractivity contribution in [3.63, 3.8) is 0 Å². The van der Waals surface area contributed by atoms with E-state index >= 15 is 0 Å². The summed E-state index contributed by atoms with van der Waals surface area (Å²) in [5, 5.41) is 38.0. The Bertz CT molecular complexity index is 990. The Labute approximate surface area is 164 Å². The van der Waals surface area contributed by atoms with Crippen LogP contribution in [0.5, 0.6) is 5.75 Å². The predicted octanol–water partition coefficient (Wildman–Crippen LogP) is 3.07. The summed E-state index contributed by atoms with van der Waals surface area (Å²) in [6, 6.07) is 13.6. The summed E-state index contributed by atoms with van der Waals surface area (Å²) in [5.74, 6) is 5.86. The molecule has 0 radical (unpaired) electrons. The number of phenols is 1. The van der Waals surface area contributed by atoms with Gasteiger partial charge in [-0.2, -0.15) is 0 Å². The highest BCUT2D eigenvalue weighted by Gasteiger charge is 2.20. The van der Waals surface area contributed by atoms with Crippen LogP contribution in [0, 0.1) is 11.8 Å². The van der Waals surface area contributed by atoms with Crippen molar-refractivity contribution in [2.75, 3.05) is 0 Å². The van der Waals surface area contributed by atoms with Crippen molar-refractivity contribution < 1.29 is 15.3 Å². The van der Waals surface area contributed by atoms with Crippen LogP contribution in [-0.4, -0.2) is 35.9 Å². The zero-order valence-electron chi connectivity index (χ0n) is 16.0. The molecule has 0 amide bonds. The standard InChI is InChI=1S/C22H23N3O3/c1-15(21(27)18-8-10-19(26)11-9-18)25-14-20(23-24-25)17-6-4-16(5-7-17)12-13-22(2,3)28/h4-11,14-15,21,26-28H,1-3H3/t15-,21-/m0/s1. The van der Waals surface area contributed by atoms with Crippen molar-refractivity contribution in [3.05, 3.63) is 65.9 Å². The number of phenolic OH excluding ortho intramolecular Hbond substituents is 1. The molecule has 0 saturated carbocycles. The largest absolute Gasteiger partial charge is 0.508 e.